The third-order valence-electron chi connectivity index (χ3n) is 4.38. The molecule has 0 atom stereocenters. The van der Waals surface area contributed by atoms with Gasteiger partial charge in [-0.3, -0.25) is 0 Å². The van der Waals surface area contributed by atoms with Crippen molar-refractivity contribution < 1.29 is 13.9 Å². The highest BCUT2D eigenvalue weighted by molar-refractivity contribution is 5.90. The minimum absolute atomic E-state index is 0.249. The maximum atomic E-state index is 14.0. The summed E-state index contributed by atoms with van der Waals surface area (Å²) in [4.78, 5) is 0. The summed E-state index contributed by atoms with van der Waals surface area (Å²) in [5.74, 6) is 0.775. The Morgan fingerprint density at radius 3 is 2.45 bits per heavy atom. The van der Waals surface area contributed by atoms with Crippen molar-refractivity contribution in [1.82, 2.24) is 0 Å². The van der Waals surface area contributed by atoms with E-state index in [4.69, 9.17) is 9.47 Å². The van der Waals surface area contributed by atoms with Crippen molar-refractivity contribution in [3.63, 3.8) is 0 Å². The predicted molar refractivity (Wildman–Crippen MR) is 113 cm³/mol. The van der Waals surface area contributed by atoms with Gasteiger partial charge in [0.15, 0.2) is 11.5 Å². The minimum atomic E-state index is -0.427. The molecule has 29 heavy (non-hydrogen) atoms. The molecule has 0 N–H and O–H groups in total. The number of halogens is 1. The first-order chi connectivity index (χ1) is 14.1. The normalized spacial score (nSPS) is 11.0. The van der Waals surface area contributed by atoms with Crippen molar-refractivity contribution in [2.75, 3.05) is 6.61 Å². The molecule has 0 fully saturated rings. The van der Waals surface area contributed by atoms with Crippen LogP contribution in [0.4, 0.5) is 4.39 Å². The number of nitrogens with zero attached hydrogens (tertiary/aromatic N) is 1. The van der Waals surface area contributed by atoms with E-state index in [0.717, 1.165) is 11.1 Å². The van der Waals surface area contributed by atoms with E-state index in [1.807, 2.05) is 44.2 Å². The van der Waals surface area contributed by atoms with Gasteiger partial charge in [0.05, 0.1) is 18.2 Å². The quantitative estimate of drug-likeness (QED) is 0.359. The zero-order valence-electron chi connectivity index (χ0n) is 16.5. The van der Waals surface area contributed by atoms with Crippen LogP contribution >= 0.6 is 0 Å². The van der Waals surface area contributed by atoms with E-state index in [2.05, 4.69) is 6.07 Å². The lowest BCUT2D eigenvalue weighted by atomic mass is 10.0. The molecule has 0 aromatic heterocycles. The molecule has 4 heteroatoms. The Balaban J connectivity index is 1.86. The number of ether oxygens (including phenoxy) is 2. The largest absolute Gasteiger partial charge is 0.490 e. The van der Waals surface area contributed by atoms with Gasteiger partial charge >= 0.3 is 0 Å². The summed E-state index contributed by atoms with van der Waals surface area (Å²) >= 11 is 0. The van der Waals surface area contributed by atoms with Gasteiger partial charge in [0, 0.05) is 5.56 Å². The van der Waals surface area contributed by atoms with E-state index in [1.54, 1.807) is 36.4 Å². The minimum Gasteiger partial charge on any atom is -0.490 e. The molecule has 0 unspecified atom stereocenters. The van der Waals surface area contributed by atoms with Crippen LogP contribution in [0.1, 0.15) is 29.2 Å². The molecule has 3 nitrogen and oxygen atoms in total. The Bertz CT molecular complexity index is 1050. The van der Waals surface area contributed by atoms with E-state index in [0.29, 0.717) is 24.7 Å². The first-order valence-corrected chi connectivity index (χ1v) is 9.42. The third-order valence-corrected chi connectivity index (χ3v) is 4.38. The van der Waals surface area contributed by atoms with Crippen LogP contribution < -0.4 is 9.47 Å². The average molecular weight is 387 g/mol. The predicted octanol–water partition coefficient (Wildman–Crippen LogP) is 6.18. The highest BCUT2D eigenvalue weighted by Crippen LogP contribution is 2.31. The molecule has 3 rings (SSSR count). The molecule has 0 aliphatic heterocycles. The van der Waals surface area contributed by atoms with E-state index < -0.39 is 5.82 Å². The molecule has 0 spiro atoms. The van der Waals surface area contributed by atoms with Crippen LogP contribution in [-0.2, 0) is 6.61 Å². The molecule has 0 amide bonds. The summed E-state index contributed by atoms with van der Waals surface area (Å²) in [6.07, 6.45) is 1.64. The molecule has 0 aliphatic rings. The van der Waals surface area contributed by atoms with Gasteiger partial charge in [-0.1, -0.05) is 54.1 Å². The molecule has 0 heterocycles. The van der Waals surface area contributed by atoms with Crippen molar-refractivity contribution >= 4 is 11.6 Å². The third kappa shape index (κ3) is 5.24. The van der Waals surface area contributed by atoms with Gasteiger partial charge in [-0.15, -0.1) is 0 Å². The maximum absolute atomic E-state index is 14.0. The molecule has 0 saturated carbocycles. The van der Waals surface area contributed by atoms with E-state index in [-0.39, 0.29) is 11.1 Å². The lowest BCUT2D eigenvalue weighted by Gasteiger charge is -2.13. The summed E-state index contributed by atoms with van der Waals surface area (Å²) < 4.78 is 25.7. The zero-order chi connectivity index (χ0) is 20.6. The molecule has 0 saturated heterocycles. The molecule has 0 bridgehead atoms. The SMILES string of the molecule is CCOc1cc(/C=C(/C#N)c2ccccc2F)ccc1OCc1ccc(C)cc1. The number of allylic oxidation sites excluding steroid dienone is 1. The van der Waals surface area contributed by atoms with Crippen LogP contribution in [0.5, 0.6) is 11.5 Å². The van der Waals surface area contributed by atoms with Gasteiger partial charge in [0.25, 0.3) is 0 Å². The van der Waals surface area contributed by atoms with E-state index in [1.165, 1.54) is 11.6 Å². The van der Waals surface area contributed by atoms with Crippen molar-refractivity contribution in [3.8, 4) is 17.6 Å². The van der Waals surface area contributed by atoms with Gasteiger partial charge in [0.1, 0.15) is 12.4 Å². The Kier molecular flexibility index (Phi) is 6.65. The summed E-state index contributed by atoms with van der Waals surface area (Å²) in [5.41, 5.74) is 3.51. The lowest BCUT2D eigenvalue weighted by Crippen LogP contribution is -2.00. The molecule has 146 valence electrons. The number of hydrogen-bond acceptors (Lipinski definition) is 3. The van der Waals surface area contributed by atoms with Gasteiger partial charge in [-0.25, -0.2) is 4.39 Å². The Morgan fingerprint density at radius 1 is 1.00 bits per heavy atom. The Labute approximate surface area is 170 Å². The van der Waals surface area contributed by atoms with Crippen LogP contribution in [0.3, 0.4) is 0 Å². The summed E-state index contributed by atoms with van der Waals surface area (Å²) in [7, 11) is 0. The highest BCUT2D eigenvalue weighted by Gasteiger charge is 2.10. The fraction of sp³-hybridized carbons (Fsp3) is 0.160. The standard InChI is InChI=1S/C25H22FNO2/c1-3-28-25-15-20(14-21(16-27)22-6-4-5-7-23(22)26)12-13-24(25)29-17-19-10-8-18(2)9-11-19/h4-15H,3,17H2,1-2H3/b21-14-. The van der Waals surface area contributed by atoms with Crippen LogP contribution in [0.2, 0.25) is 0 Å². The topological polar surface area (TPSA) is 42.2 Å². The van der Waals surface area contributed by atoms with E-state index in [9.17, 15) is 9.65 Å². The fourth-order valence-electron chi connectivity index (χ4n) is 2.86. The van der Waals surface area contributed by atoms with Crippen LogP contribution in [0.15, 0.2) is 66.7 Å². The second-order valence-electron chi connectivity index (χ2n) is 6.56. The van der Waals surface area contributed by atoms with Crippen LogP contribution in [0, 0.1) is 24.1 Å². The second kappa shape index (κ2) is 9.57. The van der Waals surface area contributed by atoms with Crippen molar-refractivity contribution in [3.05, 3.63) is 94.8 Å². The average Bonchev–Trinajstić information content (AvgIpc) is 2.73. The summed E-state index contributed by atoms with van der Waals surface area (Å²) in [6.45, 7) is 4.84. The number of rotatable bonds is 7. The summed E-state index contributed by atoms with van der Waals surface area (Å²) in [5, 5.41) is 9.48. The Hall–Kier alpha value is -3.58. The summed E-state index contributed by atoms with van der Waals surface area (Å²) in [6, 6.07) is 21.9. The number of hydrogen-bond donors (Lipinski definition) is 0. The van der Waals surface area contributed by atoms with Crippen molar-refractivity contribution in [2.45, 2.75) is 20.5 Å². The van der Waals surface area contributed by atoms with E-state index >= 15 is 0 Å². The Morgan fingerprint density at radius 2 is 1.76 bits per heavy atom. The lowest BCUT2D eigenvalue weighted by molar-refractivity contribution is 0.269. The van der Waals surface area contributed by atoms with Gasteiger partial charge in [-0.05, 0) is 49.2 Å². The molecular weight excluding hydrogens is 365 g/mol. The van der Waals surface area contributed by atoms with Crippen LogP contribution in [-0.4, -0.2) is 6.61 Å². The highest BCUT2D eigenvalue weighted by atomic mass is 19.1. The van der Waals surface area contributed by atoms with Gasteiger partial charge in [-0.2, -0.15) is 5.26 Å². The molecule has 0 radical (unpaired) electrons. The molecule has 0 aliphatic carbocycles. The fourth-order valence-corrected chi connectivity index (χ4v) is 2.86. The van der Waals surface area contributed by atoms with Crippen molar-refractivity contribution in [1.29, 1.82) is 5.26 Å². The van der Waals surface area contributed by atoms with Crippen LogP contribution in [0.25, 0.3) is 11.6 Å². The molecular formula is C25H22FNO2. The maximum Gasteiger partial charge on any atom is 0.161 e. The number of nitriles is 1. The monoisotopic (exact) mass is 387 g/mol. The smallest absolute Gasteiger partial charge is 0.161 e. The van der Waals surface area contributed by atoms with Gasteiger partial charge < -0.3 is 9.47 Å². The first kappa shape index (κ1) is 20.2. The second-order valence-corrected chi connectivity index (χ2v) is 6.56. The number of aryl methyl sites for hydroxylation is 1. The number of benzene rings is 3. The van der Waals surface area contributed by atoms with Crippen molar-refractivity contribution in [2.24, 2.45) is 0 Å². The first-order valence-electron chi connectivity index (χ1n) is 9.42. The molecule has 3 aromatic rings. The van der Waals surface area contributed by atoms with Gasteiger partial charge in [0.2, 0.25) is 0 Å². The molecule has 3 aromatic carbocycles. The zero-order valence-corrected chi connectivity index (χ0v) is 16.5.